The topological polar surface area (TPSA) is 64.9 Å². The summed E-state index contributed by atoms with van der Waals surface area (Å²) in [5, 5.41) is 13.2. The van der Waals surface area contributed by atoms with Crippen molar-refractivity contribution in [2.24, 2.45) is 0 Å². The number of rotatable bonds is 4. The molecule has 0 heterocycles. The van der Waals surface area contributed by atoms with Crippen LogP contribution in [-0.2, 0) is 4.79 Å². The summed E-state index contributed by atoms with van der Waals surface area (Å²) in [6, 6.07) is 0.480. The van der Waals surface area contributed by atoms with Gasteiger partial charge in [0, 0.05) is 5.54 Å². The molecule has 0 radical (unpaired) electrons. The first-order chi connectivity index (χ1) is 7.53. The van der Waals surface area contributed by atoms with Gasteiger partial charge in [0.2, 0.25) is 5.91 Å². The molecular weight excluding hydrogens is 235 g/mol. The highest BCUT2D eigenvalue weighted by atomic mass is 19.4. The van der Waals surface area contributed by atoms with Gasteiger partial charge in [-0.1, -0.05) is 0 Å². The second-order valence-corrected chi connectivity index (χ2v) is 4.68. The summed E-state index contributed by atoms with van der Waals surface area (Å²) in [7, 11) is 0. The lowest BCUT2D eigenvalue weighted by molar-refractivity contribution is -0.128. The monoisotopic (exact) mass is 251 g/mol. The van der Waals surface area contributed by atoms with Crippen LogP contribution < -0.4 is 10.6 Å². The fourth-order valence-electron chi connectivity index (χ4n) is 1.06. The molecule has 1 unspecified atom stereocenters. The first kappa shape index (κ1) is 15.7. The van der Waals surface area contributed by atoms with Crippen molar-refractivity contribution in [3.05, 3.63) is 0 Å². The second kappa shape index (κ2) is 5.87. The number of carbonyl (C=O) groups excluding carboxylic acids is 1. The van der Waals surface area contributed by atoms with E-state index in [2.05, 4.69) is 5.32 Å². The van der Waals surface area contributed by atoms with E-state index in [0.29, 0.717) is 0 Å². The normalized spacial score (nSPS) is 13.9. The van der Waals surface area contributed by atoms with Crippen molar-refractivity contribution >= 4 is 5.91 Å². The van der Waals surface area contributed by atoms with Crippen molar-refractivity contribution in [3.63, 3.8) is 0 Å². The molecule has 0 aromatic carbocycles. The molecule has 7 heteroatoms. The third-order valence-corrected chi connectivity index (χ3v) is 1.61. The van der Waals surface area contributed by atoms with Crippen LogP contribution in [0.1, 0.15) is 27.2 Å². The Balaban J connectivity index is 4.15. The molecule has 1 amide bonds. The quantitative estimate of drug-likeness (QED) is 0.792. The zero-order valence-corrected chi connectivity index (χ0v) is 9.98. The van der Waals surface area contributed by atoms with Gasteiger partial charge < -0.3 is 5.32 Å². The Kier molecular flexibility index (Phi) is 5.42. The van der Waals surface area contributed by atoms with Crippen LogP contribution in [0.25, 0.3) is 0 Å². The van der Waals surface area contributed by atoms with Crippen molar-refractivity contribution < 1.29 is 18.0 Å². The molecule has 0 spiro atoms. The number of nitriles is 1. The van der Waals surface area contributed by atoms with Crippen LogP contribution in [-0.4, -0.2) is 30.2 Å². The summed E-state index contributed by atoms with van der Waals surface area (Å²) in [5.41, 5.74) is -0.471. The maximum absolute atomic E-state index is 11.9. The van der Waals surface area contributed by atoms with Crippen molar-refractivity contribution in [3.8, 4) is 6.07 Å². The number of amides is 1. The highest BCUT2D eigenvalue weighted by molar-refractivity contribution is 5.77. The second-order valence-electron chi connectivity index (χ2n) is 4.68. The number of nitrogens with one attached hydrogen (secondary N) is 2. The third kappa shape index (κ3) is 9.63. The summed E-state index contributed by atoms with van der Waals surface area (Å²) in [6.07, 6.45) is -4.69. The molecule has 2 N–H and O–H groups in total. The molecule has 0 bridgehead atoms. The van der Waals surface area contributed by atoms with Crippen molar-refractivity contribution in [2.45, 2.75) is 44.9 Å². The molecule has 0 aliphatic heterocycles. The molecule has 0 rings (SSSR count). The molecule has 0 fully saturated rings. The van der Waals surface area contributed by atoms with E-state index in [1.54, 1.807) is 26.8 Å². The van der Waals surface area contributed by atoms with Gasteiger partial charge in [-0.15, -0.1) is 0 Å². The molecule has 0 saturated carbocycles. The van der Waals surface area contributed by atoms with Crippen LogP contribution in [0.15, 0.2) is 0 Å². The van der Waals surface area contributed by atoms with E-state index in [9.17, 15) is 18.0 Å². The van der Waals surface area contributed by atoms with E-state index in [1.807, 2.05) is 5.32 Å². The number of hydrogen-bond donors (Lipinski definition) is 2. The third-order valence-electron chi connectivity index (χ3n) is 1.61. The smallest absolute Gasteiger partial charge is 0.351 e. The van der Waals surface area contributed by atoms with E-state index in [-0.39, 0.29) is 6.42 Å². The molecule has 4 nitrogen and oxygen atoms in total. The average molecular weight is 251 g/mol. The van der Waals surface area contributed by atoms with Gasteiger partial charge in [0.05, 0.1) is 19.0 Å². The van der Waals surface area contributed by atoms with Gasteiger partial charge in [-0.25, -0.2) is 0 Å². The van der Waals surface area contributed by atoms with E-state index >= 15 is 0 Å². The van der Waals surface area contributed by atoms with Gasteiger partial charge >= 0.3 is 6.18 Å². The first-order valence-electron chi connectivity index (χ1n) is 5.04. The van der Waals surface area contributed by atoms with Crippen LogP contribution in [0, 0.1) is 11.3 Å². The van der Waals surface area contributed by atoms with Gasteiger partial charge in [0.25, 0.3) is 0 Å². The number of alkyl halides is 3. The SMILES string of the molecule is CC(C)(C)NC(=O)CC(C#N)NCC(F)(F)F. The van der Waals surface area contributed by atoms with Crippen LogP contribution in [0.5, 0.6) is 0 Å². The molecule has 0 saturated heterocycles. The van der Waals surface area contributed by atoms with Gasteiger partial charge in [0.15, 0.2) is 0 Å². The fourth-order valence-corrected chi connectivity index (χ4v) is 1.06. The van der Waals surface area contributed by atoms with Crippen molar-refractivity contribution in [1.29, 1.82) is 5.26 Å². The minimum atomic E-state index is -4.39. The molecule has 98 valence electrons. The van der Waals surface area contributed by atoms with Gasteiger partial charge in [0.1, 0.15) is 6.04 Å². The molecule has 0 aliphatic rings. The Morgan fingerprint density at radius 1 is 1.35 bits per heavy atom. The van der Waals surface area contributed by atoms with Crippen molar-refractivity contribution in [1.82, 2.24) is 10.6 Å². The minimum Gasteiger partial charge on any atom is -0.351 e. The number of halogens is 3. The van der Waals surface area contributed by atoms with Gasteiger partial charge in [-0.3, -0.25) is 10.1 Å². The highest BCUT2D eigenvalue weighted by Crippen LogP contribution is 2.13. The van der Waals surface area contributed by atoms with E-state index in [1.165, 1.54) is 0 Å². The zero-order valence-electron chi connectivity index (χ0n) is 9.98. The summed E-state index contributed by atoms with van der Waals surface area (Å²) >= 11 is 0. The predicted octanol–water partition coefficient (Wildman–Crippen LogP) is 1.34. The Hall–Kier alpha value is -1.29. The molecular formula is C10H16F3N3O. The number of carbonyl (C=O) groups is 1. The van der Waals surface area contributed by atoms with Crippen LogP contribution in [0.2, 0.25) is 0 Å². The van der Waals surface area contributed by atoms with Crippen LogP contribution >= 0.6 is 0 Å². The molecule has 1 atom stereocenters. The standard InChI is InChI=1S/C10H16F3N3O/c1-9(2,3)16-8(17)4-7(5-14)15-6-10(11,12)13/h7,15H,4,6H2,1-3H3,(H,16,17). The Bertz CT molecular complexity index is 301. The van der Waals surface area contributed by atoms with Crippen LogP contribution in [0.4, 0.5) is 13.2 Å². The average Bonchev–Trinajstić information content (AvgIpc) is 2.07. The van der Waals surface area contributed by atoms with Gasteiger partial charge in [-0.05, 0) is 20.8 Å². The Morgan fingerprint density at radius 3 is 2.24 bits per heavy atom. The molecule has 0 aliphatic carbocycles. The lowest BCUT2D eigenvalue weighted by Crippen LogP contribution is -2.44. The lowest BCUT2D eigenvalue weighted by atomic mass is 10.1. The predicted molar refractivity (Wildman–Crippen MR) is 56.0 cm³/mol. The lowest BCUT2D eigenvalue weighted by Gasteiger charge is -2.21. The summed E-state index contributed by atoms with van der Waals surface area (Å²) in [4.78, 5) is 11.4. The molecule has 0 aromatic rings. The summed E-state index contributed by atoms with van der Waals surface area (Å²) in [6.45, 7) is 3.95. The van der Waals surface area contributed by atoms with E-state index in [0.717, 1.165) is 0 Å². The fraction of sp³-hybridized carbons (Fsp3) is 0.800. The maximum Gasteiger partial charge on any atom is 0.401 e. The number of hydrogen-bond acceptors (Lipinski definition) is 3. The van der Waals surface area contributed by atoms with Crippen molar-refractivity contribution in [2.75, 3.05) is 6.54 Å². The largest absolute Gasteiger partial charge is 0.401 e. The Morgan fingerprint density at radius 2 is 1.88 bits per heavy atom. The first-order valence-corrected chi connectivity index (χ1v) is 5.04. The van der Waals surface area contributed by atoms with Gasteiger partial charge in [-0.2, -0.15) is 18.4 Å². The summed E-state index contributed by atoms with van der Waals surface area (Å²) in [5.74, 6) is -0.460. The minimum absolute atomic E-state index is 0.302. The van der Waals surface area contributed by atoms with E-state index in [4.69, 9.17) is 5.26 Å². The Labute approximate surface area is 98.2 Å². The van der Waals surface area contributed by atoms with E-state index < -0.39 is 30.2 Å². The maximum atomic E-state index is 11.9. The van der Waals surface area contributed by atoms with Crippen LogP contribution in [0.3, 0.4) is 0 Å². The molecule has 0 aromatic heterocycles. The number of nitrogens with zero attached hydrogens (tertiary/aromatic N) is 1. The zero-order chi connectivity index (χ0) is 13.7. The molecule has 17 heavy (non-hydrogen) atoms. The highest BCUT2D eigenvalue weighted by Gasteiger charge is 2.28. The summed E-state index contributed by atoms with van der Waals surface area (Å²) < 4.78 is 35.7.